The molecule has 2 aromatic rings. The molecule has 1 aromatic heterocycles. The molecule has 0 radical (unpaired) electrons. The smallest absolute Gasteiger partial charge is 0.297 e. The average molecular weight is 539 g/mol. The normalized spacial score (nSPS) is 11.6. The number of hydrogen-bond donors (Lipinski definition) is 4. The number of nitro benzene ring substituents is 1. The van der Waals surface area contributed by atoms with Gasteiger partial charge >= 0.3 is 0 Å². The highest BCUT2D eigenvalue weighted by atomic mass is 32.2. The quantitative estimate of drug-likeness (QED) is 0.0850. The Balaban J connectivity index is 2.67. The molecule has 2 rings (SSSR count). The number of methoxy groups -OCH3 is 2. The lowest BCUT2D eigenvalue weighted by Crippen LogP contribution is -2.24. The van der Waals surface area contributed by atoms with E-state index in [9.17, 15) is 23.3 Å². The number of carbonyl (C=O) groups excluding carboxylic acids is 1. The van der Waals surface area contributed by atoms with Crippen molar-refractivity contribution in [3.8, 4) is 0 Å². The van der Waals surface area contributed by atoms with Crippen LogP contribution in [0.5, 0.6) is 0 Å². The highest BCUT2D eigenvalue weighted by Crippen LogP contribution is 2.38. The van der Waals surface area contributed by atoms with E-state index in [0.717, 1.165) is 12.1 Å². The fourth-order valence-corrected chi connectivity index (χ4v) is 4.35. The van der Waals surface area contributed by atoms with E-state index in [1.54, 1.807) is 21.0 Å². The zero-order valence-corrected chi connectivity index (χ0v) is 21.7. The first kappa shape index (κ1) is 29.5. The molecule has 5 N–H and O–H groups in total. The maximum absolute atomic E-state index is 12.6. The van der Waals surface area contributed by atoms with Gasteiger partial charge in [-0.25, -0.2) is 18.1 Å². The Morgan fingerprint density at radius 2 is 1.76 bits per heavy atom. The van der Waals surface area contributed by atoms with Crippen LogP contribution in [0.4, 0.5) is 34.4 Å². The predicted molar refractivity (Wildman–Crippen MR) is 138 cm³/mol. The van der Waals surface area contributed by atoms with Crippen molar-refractivity contribution in [1.82, 2.24) is 9.71 Å². The van der Waals surface area contributed by atoms with E-state index in [-0.39, 0.29) is 41.3 Å². The van der Waals surface area contributed by atoms with Gasteiger partial charge in [-0.1, -0.05) is 6.92 Å². The van der Waals surface area contributed by atoms with E-state index in [0.29, 0.717) is 37.7 Å². The number of nitrogens with zero attached hydrogens (tertiary/aromatic N) is 4. The molecular formula is C21H30N8O7S. The summed E-state index contributed by atoms with van der Waals surface area (Å²) in [6.07, 6.45) is 0.222. The van der Waals surface area contributed by atoms with E-state index >= 15 is 0 Å². The number of pyridine rings is 1. The molecule has 0 spiro atoms. The van der Waals surface area contributed by atoms with Crippen molar-refractivity contribution >= 4 is 50.7 Å². The summed E-state index contributed by atoms with van der Waals surface area (Å²) in [4.78, 5) is 26.4. The summed E-state index contributed by atoms with van der Waals surface area (Å²) in [6, 6.07) is 1.76. The molecule has 202 valence electrons. The van der Waals surface area contributed by atoms with Gasteiger partial charge in [-0.3, -0.25) is 14.9 Å². The van der Waals surface area contributed by atoms with Gasteiger partial charge < -0.3 is 25.8 Å². The molecule has 16 heteroatoms. The van der Waals surface area contributed by atoms with E-state index in [1.807, 2.05) is 0 Å². The van der Waals surface area contributed by atoms with Crippen molar-refractivity contribution in [3.05, 3.63) is 33.4 Å². The summed E-state index contributed by atoms with van der Waals surface area (Å²) in [5.41, 5.74) is 5.77. The van der Waals surface area contributed by atoms with Gasteiger partial charge in [0, 0.05) is 51.0 Å². The number of azo groups is 1. The van der Waals surface area contributed by atoms with E-state index in [4.69, 9.17) is 15.2 Å². The van der Waals surface area contributed by atoms with Crippen LogP contribution < -0.4 is 21.1 Å². The predicted octanol–water partition coefficient (Wildman–Crippen LogP) is 2.52. The number of hydrogen-bond acceptors (Lipinski definition) is 13. The van der Waals surface area contributed by atoms with E-state index in [1.165, 1.54) is 7.11 Å². The second kappa shape index (κ2) is 13.5. The largest absolute Gasteiger partial charge is 0.395 e. The lowest BCUT2D eigenvalue weighted by molar-refractivity contribution is -0.384. The molecule has 1 heterocycles. The maximum Gasteiger partial charge on any atom is 0.297 e. The SMILES string of the molecule is CCNS(=O)(=O)c1cc(/N=N/c2c(NCCOC)nc(NCCOC)c(N)c2C)c([N+](=O)[O-])cc1C=O. The number of sulfonamides is 1. The molecule has 0 aliphatic rings. The zero-order chi connectivity index (χ0) is 27.6. The van der Waals surface area contributed by atoms with Crippen LogP contribution in [0.25, 0.3) is 0 Å². The van der Waals surface area contributed by atoms with Gasteiger partial charge in [-0.2, -0.15) is 0 Å². The van der Waals surface area contributed by atoms with Gasteiger partial charge in [0.15, 0.2) is 23.6 Å². The summed E-state index contributed by atoms with van der Waals surface area (Å²) in [5, 5.41) is 25.9. The topological polar surface area (TPSA) is 213 Å². The first-order chi connectivity index (χ1) is 17.6. The van der Waals surface area contributed by atoms with Crippen molar-refractivity contribution in [3.63, 3.8) is 0 Å². The number of nitro groups is 1. The molecular weight excluding hydrogens is 508 g/mol. The molecule has 15 nitrogen and oxygen atoms in total. The standard InChI is InChI=1S/C21H30N8O7S/c1-5-25-37(33,34)17-11-15(16(29(31)32)10-14(17)12-30)27-28-19-13(2)18(22)20(23-6-8-35-3)26-21(19)24-7-9-36-4/h10-12,25H,5-9,22H2,1-4H3,(H2,23,24,26)/b28-27+. The summed E-state index contributed by atoms with van der Waals surface area (Å²) in [6.45, 7) is 4.80. The third-order valence-electron chi connectivity index (χ3n) is 4.97. The number of ether oxygens (including phenoxy) is 2. The first-order valence-corrected chi connectivity index (χ1v) is 12.5. The molecule has 0 bridgehead atoms. The van der Waals surface area contributed by atoms with Crippen LogP contribution in [0, 0.1) is 17.0 Å². The highest BCUT2D eigenvalue weighted by molar-refractivity contribution is 7.89. The summed E-state index contributed by atoms with van der Waals surface area (Å²) >= 11 is 0. The molecule has 0 saturated heterocycles. The number of nitrogen functional groups attached to an aromatic ring is 1. The number of nitrogens with one attached hydrogen (secondary N) is 3. The second-order valence-corrected chi connectivity index (χ2v) is 9.23. The van der Waals surface area contributed by atoms with Crippen molar-refractivity contribution < 1.29 is 27.6 Å². The fourth-order valence-electron chi connectivity index (χ4n) is 3.13. The van der Waals surface area contributed by atoms with Crippen LogP contribution >= 0.6 is 0 Å². The third kappa shape index (κ3) is 7.39. The number of carbonyl (C=O) groups is 1. The fraction of sp³-hybridized carbons (Fsp3) is 0.429. The Labute approximate surface area is 214 Å². The van der Waals surface area contributed by atoms with Crippen molar-refractivity contribution in [1.29, 1.82) is 0 Å². The van der Waals surface area contributed by atoms with Crippen LogP contribution in [-0.4, -0.2) is 71.7 Å². The lowest BCUT2D eigenvalue weighted by atomic mass is 10.2. The van der Waals surface area contributed by atoms with Gasteiger partial charge in [0.25, 0.3) is 5.69 Å². The molecule has 0 amide bonds. The van der Waals surface area contributed by atoms with Gasteiger partial charge in [-0.05, 0) is 13.0 Å². The summed E-state index contributed by atoms with van der Waals surface area (Å²) in [7, 11) is -1.05. The monoisotopic (exact) mass is 538 g/mol. The first-order valence-electron chi connectivity index (χ1n) is 11.1. The molecule has 0 atom stereocenters. The van der Waals surface area contributed by atoms with Crippen LogP contribution in [0.15, 0.2) is 27.3 Å². The second-order valence-electron chi connectivity index (χ2n) is 7.49. The van der Waals surface area contributed by atoms with Crippen LogP contribution in [0.2, 0.25) is 0 Å². The Morgan fingerprint density at radius 1 is 1.14 bits per heavy atom. The molecule has 0 fully saturated rings. The minimum atomic E-state index is -4.14. The minimum Gasteiger partial charge on any atom is -0.395 e. The van der Waals surface area contributed by atoms with Crippen LogP contribution in [-0.2, 0) is 19.5 Å². The van der Waals surface area contributed by atoms with E-state index < -0.39 is 25.5 Å². The molecule has 0 unspecified atom stereocenters. The minimum absolute atomic E-state index is 0.0415. The third-order valence-corrected chi connectivity index (χ3v) is 6.57. The Bertz CT molecular complexity index is 1270. The van der Waals surface area contributed by atoms with E-state index in [2.05, 4.69) is 30.6 Å². The zero-order valence-electron chi connectivity index (χ0n) is 20.9. The molecule has 1 aromatic carbocycles. The van der Waals surface area contributed by atoms with Gasteiger partial charge in [0.2, 0.25) is 10.0 Å². The number of rotatable bonds is 15. The molecule has 0 saturated carbocycles. The van der Waals surface area contributed by atoms with Gasteiger partial charge in [-0.15, -0.1) is 10.2 Å². The number of aromatic nitrogens is 1. The summed E-state index contributed by atoms with van der Waals surface area (Å²) in [5.74, 6) is 0.633. The van der Waals surface area contributed by atoms with Gasteiger partial charge in [0.1, 0.15) is 5.69 Å². The Kier molecular flexibility index (Phi) is 10.8. The van der Waals surface area contributed by atoms with Crippen LogP contribution in [0.1, 0.15) is 22.8 Å². The van der Waals surface area contributed by atoms with Crippen molar-refractivity contribution in [2.24, 2.45) is 10.2 Å². The van der Waals surface area contributed by atoms with Crippen LogP contribution in [0.3, 0.4) is 0 Å². The van der Waals surface area contributed by atoms with Gasteiger partial charge in [0.05, 0.1) is 28.7 Å². The Morgan fingerprint density at radius 3 is 2.30 bits per heavy atom. The molecule has 0 aliphatic heterocycles. The number of aldehydes is 1. The number of anilines is 3. The van der Waals surface area contributed by atoms with Crippen molar-refractivity contribution in [2.75, 3.05) is 63.4 Å². The number of nitrogens with two attached hydrogens (primary N) is 1. The summed E-state index contributed by atoms with van der Waals surface area (Å²) < 4.78 is 37.5. The lowest BCUT2D eigenvalue weighted by Gasteiger charge is -2.16. The maximum atomic E-state index is 12.6. The average Bonchev–Trinajstić information content (AvgIpc) is 2.86. The van der Waals surface area contributed by atoms with Crippen molar-refractivity contribution in [2.45, 2.75) is 18.7 Å². The molecule has 0 aliphatic carbocycles. The Hall–Kier alpha value is -3.73. The number of benzene rings is 1. The highest BCUT2D eigenvalue weighted by Gasteiger charge is 2.25. The molecule has 37 heavy (non-hydrogen) atoms.